The molecular formula is C23H24N4O2. The summed E-state index contributed by atoms with van der Waals surface area (Å²) in [6, 6.07) is 11.8. The molecule has 1 aliphatic rings. The van der Waals surface area contributed by atoms with Gasteiger partial charge in [0.2, 0.25) is 5.91 Å². The van der Waals surface area contributed by atoms with E-state index >= 15 is 0 Å². The van der Waals surface area contributed by atoms with Crippen LogP contribution in [0.1, 0.15) is 47.4 Å². The number of nitrogens with zero attached hydrogens (tertiary/aromatic N) is 4. The molecule has 6 heteroatoms. The highest BCUT2D eigenvalue weighted by Crippen LogP contribution is 2.34. The van der Waals surface area contributed by atoms with Gasteiger partial charge in [-0.05, 0) is 51.3 Å². The average Bonchev–Trinajstić information content (AvgIpc) is 3.33. The van der Waals surface area contributed by atoms with Gasteiger partial charge in [-0.25, -0.2) is 9.97 Å². The topological polar surface area (TPSA) is 72.1 Å². The van der Waals surface area contributed by atoms with Crippen molar-refractivity contribution in [1.82, 2.24) is 20.0 Å². The molecule has 1 unspecified atom stereocenters. The second kappa shape index (κ2) is 7.99. The number of carbonyl (C=O) groups is 1. The number of hydrogen-bond donors (Lipinski definition) is 0. The smallest absolute Gasteiger partial charge is 0.247 e. The molecule has 1 fully saturated rings. The Balaban J connectivity index is 1.62. The summed E-state index contributed by atoms with van der Waals surface area (Å²) in [6.07, 6.45) is 5.36. The van der Waals surface area contributed by atoms with E-state index in [9.17, 15) is 4.79 Å². The van der Waals surface area contributed by atoms with E-state index in [0.717, 1.165) is 53.4 Å². The van der Waals surface area contributed by atoms with Crippen molar-refractivity contribution in [2.24, 2.45) is 0 Å². The number of carbonyl (C=O) groups excluding carboxylic acids is 1. The van der Waals surface area contributed by atoms with Gasteiger partial charge < -0.3 is 9.42 Å². The Labute approximate surface area is 170 Å². The summed E-state index contributed by atoms with van der Waals surface area (Å²) in [6.45, 7) is 6.39. The third-order valence-corrected chi connectivity index (χ3v) is 5.24. The van der Waals surface area contributed by atoms with Gasteiger partial charge in [0, 0.05) is 12.6 Å². The van der Waals surface area contributed by atoms with Crippen LogP contribution >= 0.6 is 0 Å². The summed E-state index contributed by atoms with van der Waals surface area (Å²) >= 11 is 0. The molecular weight excluding hydrogens is 364 g/mol. The van der Waals surface area contributed by atoms with Gasteiger partial charge in [-0.15, -0.1) is 0 Å². The first-order chi connectivity index (χ1) is 14.0. The zero-order valence-electron chi connectivity index (χ0n) is 16.9. The highest BCUT2D eigenvalue weighted by atomic mass is 16.5. The molecule has 1 atom stereocenters. The molecule has 4 rings (SSSR count). The minimum atomic E-state index is -0.0520. The van der Waals surface area contributed by atoms with Crippen LogP contribution in [-0.4, -0.2) is 32.5 Å². The Hall–Kier alpha value is -3.28. The average molecular weight is 388 g/mol. The van der Waals surface area contributed by atoms with Crippen LogP contribution in [0.15, 0.2) is 47.0 Å². The van der Waals surface area contributed by atoms with Crippen LogP contribution in [0.25, 0.3) is 17.3 Å². The molecule has 0 aliphatic carbocycles. The highest BCUT2D eigenvalue weighted by molar-refractivity contribution is 5.92. The summed E-state index contributed by atoms with van der Waals surface area (Å²) in [5.41, 5.74) is 4.37. The van der Waals surface area contributed by atoms with E-state index < -0.39 is 0 Å². The van der Waals surface area contributed by atoms with E-state index in [1.165, 1.54) is 0 Å². The second-order valence-electron chi connectivity index (χ2n) is 7.36. The fourth-order valence-electron chi connectivity index (χ4n) is 3.90. The van der Waals surface area contributed by atoms with E-state index in [1.54, 1.807) is 6.08 Å². The number of likely N-dealkylation sites (tertiary alicyclic amines) is 1. The summed E-state index contributed by atoms with van der Waals surface area (Å²) in [5, 5.41) is 4.04. The zero-order chi connectivity index (χ0) is 20.4. The first-order valence-electron chi connectivity index (χ1n) is 9.85. The van der Waals surface area contributed by atoms with E-state index in [1.807, 2.05) is 68.1 Å². The molecule has 0 N–H and O–H groups in total. The van der Waals surface area contributed by atoms with Crippen LogP contribution < -0.4 is 0 Å². The van der Waals surface area contributed by atoms with Gasteiger partial charge in [-0.2, -0.15) is 0 Å². The molecule has 148 valence electrons. The summed E-state index contributed by atoms with van der Waals surface area (Å²) in [7, 11) is 0. The Kier molecular flexibility index (Phi) is 5.25. The van der Waals surface area contributed by atoms with Crippen molar-refractivity contribution < 1.29 is 9.32 Å². The summed E-state index contributed by atoms with van der Waals surface area (Å²) in [5.74, 6) is 1.42. The van der Waals surface area contributed by atoms with Crippen LogP contribution in [0.2, 0.25) is 0 Å². The molecule has 0 bridgehead atoms. The van der Waals surface area contributed by atoms with Gasteiger partial charge >= 0.3 is 0 Å². The molecule has 6 nitrogen and oxygen atoms in total. The fourth-order valence-corrected chi connectivity index (χ4v) is 3.90. The Bertz CT molecular complexity index is 1040. The van der Waals surface area contributed by atoms with Gasteiger partial charge in [-0.1, -0.05) is 35.5 Å². The molecule has 0 saturated carbocycles. The van der Waals surface area contributed by atoms with E-state index in [-0.39, 0.29) is 11.9 Å². The lowest BCUT2D eigenvalue weighted by Crippen LogP contribution is -2.29. The number of amides is 1. The Morgan fingerprint density at radius 2 is 1.97 bits per heavy atom. The normalized spacial score (nSPS) is 16.7. The van der Waals surface area contributed by atoms with Crippen LogP contribution in [0, 0.1) is 20.8 Å². The van der Waals surface area contributed by atoms with Gasteiger partial charge in [0.05, 0.1) is 28.7 Å². The minimum absolute atomic E-state index is 0.00603. The molecule has 1 aliphatic heterocycles. The number of benzene rings is 1. The van der Waals surface area contributed by atoms with Crippen molar-refractivity contribution in [2.45, 2.75) is 39.7 Å². The molecule has 29 heavy (non-hydrogen) atoms. The first kappa shape index (κ1) is 19.1. The fraction of sp³-hybridized carbons (Fsp3) is 0.304. The van der Waals surface area contributed by atoms with Crippen molar-refractivity contribution in [3.63, 3.8) is 0 Å². The van der Waals surface area contributed by atoms with Crippen LogP contribution in [0.3, 0.4) is 0 Å². The quantitative estimate of drug-likeness (QED) is 0.618. The number of hydrogen-bond acceptors (Lipinski definition) is 5. The van der Waals surface area contributed by atoms with Crippen molar-refractivity contribution in [2.75, 3.05) is 6.54 Å². The predicted molar refractivity (Wildman–Crippen MR) is 111 cm³/mol. The van der Waals surface area contributed by atoms with Crippen molar-refractivity contribution in [3.05, 3.63) is 71.0 Å². The number of aromatic nitrogens is 3. The van der Waals surface area contributed by atoms with Gasteiger partial charge in [0.25, 0.3) is 0 Å². The maximum atomic E-state index is 12.9. The van der Waals surface area contributed by atoms with Gasteiger partial charge in [0.15, 0.2) is 0 Å². The van der Waals surface area contributed by atoms with Crippen LogP contribution in [-0.2, 0) is 4.79 Å². The lowest BCUT2D eigenvalue weighted by Gasteiger charge is -2.23. The number of aryl methyl sites for hydroxylation is 3. The van der Waals surface area contributed by atoms with E-state index in [0.29, 0.717) is 5.82 Å². The molecule has 1 aromatic carbocycles. The third kappa shape index (κ3) is 3.97. The lowest BCUT2D eigenvalue weighted by atomic mass is 10.1. The second-order valence-corrected chi connectivity index (χ2v) is 7.36. The van der Waals surface area contributed by atoms with Gasteiger partial charge in [0.1, 0.15) is 11.6 Å². The van der Waals surface area contributed by atoms with Crippen molar-refractivity contribution in [1.29, 1.82) is 0 Å². The van der Waals surface area contributed by atoms with E-state index in [4.69, 9.17) is 4.52 Å². The summed E-state index contributed by atoms with van der Waals surface area (Å²) < 4.78 is 5.30. The third-order valence-electron chi connectivity index (χ3n) is 5.24. The van der Waals surface area contributed by atoms with Crippen molar-refractivity contribution in [3.8, 4) is 11.3 Å². The number of rotatable bonds is 4. The molecule has 3 aromatic rings. The van der Waals surface area contributed by atoms with Gasteiger partial charge in [-0.3, -0.25) is 4.79 Å². The van der Waals surface area contributed by atoms with Crippen LogP contribution in [0.4, 0.5) is 0 Å². The Morgan fingerprint density at radius 3 is 2.69 bits per heavy atom. The van der Waals surface area contributed by atoms with E-state index in [2.05, 4.69) is 15.1 Å². The SMILES string of the molecule is Cc1nc(-c2c(C)noc2C)cc(C2CCCN2C(=O)C=Cc2ccccc2)n1. The molecule has 3 heterocycles. The summed E-state index contributed by atoms with van der Waals surface area (Å²) in [4.78, 5) is 24.0. The highest BCUT2D eigenvalue weighted by Gasteiger charge is 2.30. The zero-order valence-corrected chi connectivity index (χ0v) is 16.9. The van der Waals surface area contributed by atoms with Crippen molar-refractivity contribution >= 4 is 12.0 Å². The standard InChI is InChI=1S/C23H24N4O2/c1-15-23(16(2)29-26-15)20-14-19(24-17(3)25-20)21-10-7-13-27(21)22(28)12-11-18-8-5-4-6-9-18/h4-6,8-9,11-12,14,21H,7,10,13H2,1-3H3. The predicted octanol–water partition coefficient (Wildman–Crippen LogP) is 4.43. The lowest BCUT2D eigenvalue weighted by molar-refractivity contribution is -0.126. The first-order valence-corrected chi connectivity index (χ1v) is 9.85. The van der Waals surface area contributed by atoms with Crippen LogP contribution in [0.5, 0.6) is 0 Å². The molecule has 0 spiro atoms. The largest absolute Gasteiger partial charge is 0.361 e. The monoisotopic (exact) mass is 388 g/mol. The molecule has 1 saturated heterocycles. The molecule has 0 radical (unpaired) electrons. The molecule has 1 amide bonds. The maximum Gasteiger partial charge on any atom is 0.247 e. The maximum absolute atomic E-state index is 12.9. The molecule has 2 aromatic heterocycles. The minimum Gasteiger partial charge on any atom is -0.361 e. The Morgan fingerprint density at radius 1 is 1.17 bits per heavy atom.